The van der Waals surface area contributed by atoms with Crippen LogP contribution in [0.25, 0.3) is 0 Å². The predicted octanol–water partition coefficient (Wildman–Crippen LogP) is 2.73. The molecule has 0 amide bonds. The summed E-state index contributed by atoms with van der Waals surface area (Å²) < 4.78 is 3.63. The lowest BCUT2D eigenvalue weighted by Crippen LogP contribution is -3.00. The second-order valence-corrected chi connectivity index (χ2v) is 9.32. The van der Waals surface area contributed by atoms with Crippen molar-refractivity contribution in [1.82, 2.24) is 4.57 Å². The quantitative estimate of drug-likeness (QED) is 0.193. The molecule has 190 valence electrons. The Morgan fingerprint density at radius 2 is 1.03 bits per heavy atom. The van der Waals surface area contributed by atoms with E-state index in [1.165, 1.54) is 22.3 Å². The molecular weight excluding hydrogens is 536 g/mol. The molecule has 38 heavy (non-hydrogen) atoms. The van der Waals surface area contributed by atoms with Gasteiger partial charge in [-0.1, -0.05) is 109 Å². The van der Waals surface area contributed by atoms with Gasteiger partial charge in [-0.15, -0.1) is 0 Å². The van der Waals surface area contributed by atoms with Gasteiger partial charge in [0.15, 0.2) is 13.1 Å². The highest BCUT2D eigenvalue weighted by atomic mass is 79.9. The van der Waals surface area contributed by atoms with E-state index in [4.69, 9.17) is 0 Å². The fourth-order valence-electron chi connectivity index (χ4n) is 4.42. The van der Waals surface area contributed by atoms with Gasteiger partial charge in [0.2, 0.25) is 17.9 Å². The lowest BCUT2D eigenvalue weighted by Gasteiger charge is -2.04. The van der Waals surface area contributed by atoms with Crippen molar-refractivity contribution in [2.24, 2.45) is 0 Å². The van der Waals surface area contributed by atoms with E-state index in [1.807, 2.05) is 113 Å². The maximum absolute atomic E-state index is 12.8. The summed E-state index contributed by atoms with van der Waals surface area (Å²) in [6.07, 6.45) is 7.16. The van der Waals surface area contributed by atoms with Crippen LogP contribution in [0.5, 0.6) is 0 Å². The Morgan fingerprint density at radius 1 is 0.579 bits per heavy atom. The minimum absolute atomic E-state index is 0. The second kappa shape index (κ2) is 12.9. The van der Waals surface area contributed by atoms with E-state index in [0.717, 1.165) is 12.8 Å². The third kappa shape index (κ3) is 7.24. The molecule has 0 spiro atoms. The Kier molecular flexibility index (Phi) is 9.17. The van der Waals surface area contributed by atoms with Crippen molar-refractivity contribution >= 4 is 11.6 Å². The van der Waals surface area contributed by atoms with Crippen molar-refractivity contribution in [3.63, 3.8) is 0 Å². The van der Waals surface area contributed by atoms with Gasteiger partial charge in [-0.25, -0.2) is 9.13 Å². The first-order chi connectivity index (χ1) is 18.1. The average molecular weight is 566 g/mol. The first kappa shape index (κ1) is 27.0. The number of hydrogen-bond acceptors (Lipinski definition) is 2. The van der Waals surface area contributed by atoms with Crippen molar-refractivity contribution in [1.29, 1.82) is 0 Å². The number of halogens is 1. The number of ketones is 2. The molecule has 4 aromatic carbocycles. The van der Waals surface area contributed by atoms with Crippen LogP contribution in [0.1, 0.15) is 43.0 Å². The molecule has 1 heterocycles. The van der Waals surface area contributed by atoms with Crippen LogP contribution in [0.2, 0.25) is 0 Å². The Labute approximate surface area is 234 Å². The second-order valence-electron chi connectivity index (χ2n) is 9.32. The highest BCUT2D eigenvalue weighted by molar-refractivity contribution is 5.96. The number of carbonyl (C=O) groups excluding carboxylic acids is 2. The molecule has 0 saturated carbocycles. The van der Waals surface area contributed by atoms with E-state index in [1.54, 1.807) is 0 Å². The largest absolute Gasteiger partial charge is 1.00 e. The maximum Gasteiger partial charge on any atom is 0.244 e. The minimum Gasteiger partial charge on any atom is -1.00 e. The molecule has 0 aliphatic carbocycles. The zero-order valence-electron chi connectivity index (χ0n) is 21.0. The fourth-order valence-corrected chi connectivity index (χ4v) is 4.42. The first-order valence-corrected chi connectivity index (χ1v) is 12.5. The van der Waals surface area contributed by atoms with E-state index in [-0.39, 0.29) is 41.6 Å². The highest BCUT2D eigenvalue weighted by Gasteiger charge is 2.15. The number of hydrogen-bond donors (Lipinski definition) is 0. The van der Waals surface area contributed by atoms with E-state index >= 15 is 0 Å². The van der Waals surface area contributed by atoms with Gasteiger partial charge in [-0.2, -0.15) is 0 Å². The monoisotopic (exact) mass is 564 g/mol. The number of carbonyl (C=O) groups is 2. The van der Waals surface area contributed by atoms with E-state index < -0.39 is 0 Å². The van der Waals surface area contributed by atoms with Crippen LogP contribution in [-0.2, 0) is 25.9 Å². The fraction of sp³-hybridized carbons (Fsp3) is 0.121. The van der Waals surface area contributed by atoms with Crippen LogP contribution < -0.4 is 21.5 Å². The average Bonchev–Trinajstić information content (AvgIpc) is 3.37. The predicted molar refractivity (Wildman–Crippen MR) is 145 cm³/mol. The molecule has 0 aliphatic heterocycles. The number of benzene rings is 4. The topological polar surface area (TPSA) is 43.0 Å². The van der Waals surface area contributed by atoms with Gasteiger partial charge in [-0.3, -0.25) is 9.59 Å². The number of Topliss-reactive ketones (excluding diaryl/α,β-unsaturated/α-hetero) is 2. The van der Waals surface area contributed by atoms with E-state index in [0.29, 0.717) is 11.1 Å². The van der Waals surface area contributed by atoms with Gasteiger partial charge < -0.3 is 17.0 Å². The summed E-state index contributed by atoms with van der Waals surface area (Å²) >= 11 is 0. The zero-order chi connectivity index (χ0) is 25.5. The third-order valence-electron chi connectivity index (χ3n) is 6.45. The third-order valence-corrected chi connectivity index (χ3v) is 6.45. The van der Waals surface area contributed by atoms with Crippen LogP contribution in [0, 0.1) is 0 Å². The Hall–Kier alpha value is -4.09. The highest BCUT2D eigenvalue weighted by Crippen LogP contribution is 2.13. The normalized spacial score (nSPS) is 10.5. The molecule has 5 heteroatoms. The van der Waals surface area contributed by atoms with Gasteiger partial charge in [-0.05, 0) is 35.1 Å². The molecule has 5 aromatic rings. The minimum atomic E-state index is 0. The molecular formula is C33H29BrN2O2. The summed E-state index contributed by atoms with van der Waals surface area (Å²) in [5.41, 5.74) is 6.21. The lowest BCUT2D eigenvalue weighted by atomic mass is 10.0. The molecule has 0 N–H and O–H groups in total. The molecule has 0 atom stereocenters. The van der Waals surface area contributed by atoms with Crippen molar-refractivity contribution in [2.45, 2.75) is 25.9 Å². The van der Waals surface area contributed by atoms with Crippen LogP contribution in [0.15, 0.2) is 128 Å². The maximum atomic E-state index is 12.8. The Morgan fingerprint density at radius 3 is 1.53 bits per heavy atom. The van der Waals surface area contributed by atoms with Crippen molar-refractivity contribution < 1.29 is 31.1 Å². The van der Waals surface area contributed by atoms with Crippen LogP contribution in [0.4, 0.5) is 0 Å². The summed E-state index contributed by atoms with van der Waals surface area (Å²) in [5.74, 6) is 0.0729. The van der Waals surface area contributed by atoms with E-state index in [9.17, 15) is 9.59 Å². The van der Waals surface area contributed by atoms with Crippen LogP contribution in [-0.4, -0.2) is 16.1 Å². The number of imidazole rings is 1. The number of aromatic nitrogens is 2. The standard InChI is InChI=1S/C33H29N2O2.BrH/c36-32(30-15-11-28(12-16-30)21-26-7-3-1-4-8-26)23-34-19-20-35(25-34)24-33(37)31-17-13-29(14-18-31)22-27-9-5-2-6-10-27;/h1-20,25H,21-24H2;1H/q+1;/p-1. The summed E-state index contributed by atoms with van der Waals surface area (Å²) in [5, 5.41) is 0. The van der Waals surface area contributed by atoms with Gasteiger partial charge in [0.1, 0.15) is 12.4 Å². The molecule has 1 aromatic heterocycles. The summed E-state index contributed by atoms with van der Waals surface area (Å²) in [6, 6.07) is 36.2. The first-order valence-electron chi connectivity index (χ1n) is 12.5. The van der Waals surface area contributed by atoms with Gasteiger partial charge >= 0.3 is 0 Å². The molecule has 0 unspecified atom stereocenters. The molecule has 0 saturated heterocycles. The SMILES string of the molecule is O=C(Cn1cc[n+](CC(=O)c2ccc(Cc3ccccc3)cc2)c1)c1ccc(Cc2ccccc2)cc1.[Br-]. The Bertz CT molecular complexity index is 1360. The Balaban J connectivity index is 0.00000336. The molecule has 0 bridgehead atoms. The number of nitrogens with zero attached hydrogens (tertiary/aromatic N) is 2. The van der Waals surface area contributed by atoms with Gasteiger partial charge in [0.05, 0.1) is 0 Å². The summed E-state index contributed by atoms with van der Waals surface area (Å²) in [4.78, 5) is 25.6. The lowest BCUT2D eigenvalue weighted by molar-refractivity contribution is -0.682. The van der Waals surface area contributed by atoms with Crippen molar-refractivity contribution in [2.75, 3.05) is 0 Å². The van der Waals surface area contributed by atoms with Crippen LogP contribution >= 0.6 is 0 Å². The van der Waals surface area contributed by atoms with Gasteiger partial charge in [0, 0.05) is 11.1 Å². The summed E-state index contributed by atoms with van der Waals surface area (Å²) in [7, 11) is 0. The zero-order valence-corrected chi connectivity index (χ0v) is 22.6. The van der Waals surface area contributed by atoms with Crippen molar-refractivity contribution in [3.8, 4) is 0 Å². The molecule has 0 aliphatic rings. The molecule has 4 nitrogen and oxygen atoms in total. The van der Waals surface area contributed by atoms with Gasteiger partial charge in [0.25, 0.3) is 0 Å². The number of rotatable bonds is 10. The van der Waals surface area contributed by atoms with Crippen molar-refractivity contribution in [3.05, 3.63) is 161 Å². The van der Waals surface area contributed by atoms with Crippen LogP contribution in [0.3, 0.4) is 0 Å². The smallest absolute Gasteiger partial charge is 0.244 e. The molecule has 5 rings (SSSR count). The molecule has 0 radical (unpaired) electrons. The van der Waals surface area contributed by atoms with E-state index in [2.05, 4.69) is 24.3 Å². The summed E-state index contributed by atoms with van der Waals surface area (Å²) in [6.45, 7) is 0.459. The molecule has 0 fully saturated rings.